The number of hydrogen-bond acceptors (Lipinski definition) is 3. The summed E-state index contributed by atoms with van der Waals surface area (Å²) in [6, 6.07) is 10.9. The molecule has 0 saturated carbocycles. The summed E-state index contributed by atoms with van der Waals surface area (Å²) < 4.78 is 6.30. The molecule has 0 unspecified atom stereocenters. The lowest BCUT2D eigenvalue weighted by Gasteiger charge is -2.08. The summed E-state index contributed by atoms with van der Waals surface area (Å²) in [7, 11) is 0. The monoisotopic (exact) mass is 317 g/mol. The molecule has 1 aliphatic heterocycles. The summed E-state index contributed by atoms with van der Waals surface area (Å²) in [6.07, 6.45) is 0.863. The van der Waals surface area contributed by atoms with E-state index in [9.17, 15) is 4.79 Å². The van der Waals surface area contributed by atoms with Crippen LogP contribution in [0.3, 0.4) is 0 Å². The lowest BCUT2D eigenvalue weighted by molar-refractivity contribution is 0.103. The van der Waals surface area contributed by atoms with Gasteiger partial charge in [0.15, 0.2) is 5.78 Å². The molecular weight excluding hydrogens is 306 g/mol. The predicted octanol–water partition coefficient (Wildman–Crippen LogP) is 3.20. The van der Waals surface area contributed by atoms with Gasteiger partial charge in [-0.25, -0.2) is 0 Å². The van der Waals surface area contributed by atoms with Gasteiger partial charge in [-0.15, -0.1) is 0 Å². The third-order valence-electron chi connectivity index (χ3n) is 3.22. The number of anilines is 1. The molecule has 0 atom stereocenters. The Balaban J connectivity index is 2.05. The molecule has 0 spiro atoms. The molecule has 1 aliphatic rings. The zero-order chi connectivity index (χ0) is 13.4. The van der Waals surface area contributed by atoms with Crippen molar-refractivity contribution < 1.29 is 9.53 Å². The van der Waals surface area contributed by atoms with Crippen molar-refractivity contribution in [3.8, 4) is 5.75 Å². The van der Waals surface area contributed by atoms with Crippen LogP contribution in [-0.2, 0) is 6.42 Å². The number of hydrogen-bond donors (Lipinski definition) is 1. The first-order valence-corrected chi connectivity index (χ1v) is 6.80. The highest BCUT2D eigenvalue weighted by Gasteiger charge is 2.21. The Morgan fingerprint density at radius 2 is 2.11 bits per heavy atom. The molecule has 96 valence electrons. The fraction of sp³-hybridized carbons (Fsp3) is 0.133. The Labute approximate surface area is 119 Å². The fourth-order valence-electron chi connectivity index (χ4n) is 2.22. The van der Waals surface area contributed by atoms with Gasteiger partial charge in [0, 0.05) is 22.1 Å². The van der Waals surface area contributed by atoms with Crippen molar-refractivity contribution in [3.63, 3.8) is 0 Å². The van der Waals surface area contributed by atoms with Crippen LogP contribution in [-0.4, -0.2) is 12.4 Å². The minimum absolute atomic E-state index is 0.0422. The largest absolute Gasteiger partial charge is 0.492 e. The first-order chi connectivity index (χ1) is 9.16. The summed E-state index contributed by atoms with van der Waals surface area (Å²) in [5.41, 5.74) is 8.67. The van der Waals surface area contributed by atoms with Gasteiger partial charge in [-0.1, -0.05) is 12.1 Å². The van der Waals surface area contributed by atoms with E-state index in [4.69, 9.17) is 10.5 Å². The van der Waals surface area contributed by atoms with Crippen molar-refractivity contribution in [1.82, 2.24) is 0 Å². The maximum atomic E-state index is 12.5. The van der Waals surface area contributed by atoms with Crippen LogP contribution in [0.15, 0.2) is 40.9 Å². The molecular formula is C15H12BrNO2. The Bertz CT molecular complexity index is 667. The number of ether oxygens (including phenoxy) is 1. The molecule has 2 aromatic rings. The highest BCUT2D eigenvalue weighted by Crippen LogP contribution is 2.31. The molecule has 3 nitrogen and oxygen atoms in total. The molecule has 2 N–H and O–H groups in total. The Morgan fingerprint density at radius 3 is 2.89 bits per heavy atom. The van der Waals surface area contributed by atoms with Crippen molar-refractivity contribution in [3.05, 3.63) is 57.6 Å². The van der Waals surface area contributed by atoms with E-state index in [2.05, 4.69) is 15.9 Å². The molecule has 0 radical (unpaired) electrons. The molecule has 4 heteroatoms. The number of fused-ring (bicyclic) bond motifs is 1. The van der Waals surface area contributed by atoms with Crippen molar-refractivity contribution >= 4 is 27.4 Å². The second-order valence-corrected chi connectivity index (χ2v) is 5.31. The molecule has 0 aliphatic carbocycles. The van der Waals surface area contributed by atoms with E-state index in [1.807, 2.05) is 12.1 Å². The van der Waals surface area contributed by atoms with E-state index in [1.54, 1.807) is 24.3 Å². The van der Waals surface area contributed by atoms with Gasteiger partial charge >= 0.3 is 0 Å². The summed E-state index contributed by atoms with van der Waals surface area (Å²) in [6.45, 7) is 0.644. The summed E-state index contributed by atoms with van der Waals surface area (Å²) in [5, 5.41) is 0. The van der Waals surface area contributed by atoms with Crippen LogP contribution in [0, 0.1) is 0 Å². The third kappa shape index (κ3) is 2.12. The number of halogens is 1. The quantitative estimate of drug-likeness (QED) is 0.683. The number of nitrogen functional groups attached to an aromatic ring is 1. The first-order valence-electron chi connectivity index (χ1n) is 6.01. The number of nitrogens with two attached hydrogens (primary N) is 1. The summed E-state index contributed by atoms with van der Waals surface area (Å²) in [4.78, 5) is 12.5. The van der Waals surface area contributed by atoms with E-state index < -0.39 is 0 Å². The van der Waals surface area contributed by atoms with Crippen molar-refractivity contribution in [1.29, 1.82) is 0 Å². The van der Waals surface area contributed by atoms with E-state index in [0.29, 0.717) is 23.4 Å². The molecule has 0 bridgehead atoms. The molecule has 0 amide bonds. The number of carbonyl (C=O) groups excluding carboxylic acids is 1. The van der Waals surface area contributed by atoms with Gasteiger partial charge in [-0.2, -0.15) is 0 Å². The van der Waals surface area contributed by atoms with Gasteiger partial charge in [0.25, 0.3) is 0 Å². The fourth-order valence-corrected chi connectivity index (χ4v) is 2.60. The molecule has 3 rings (SSSR count). The van der Waals surface area contributed by atoms with E-state index in [1.165, 1.54) is 0 Å². The molecule has 0 aromatic heterocycles. The Kier molecular flexibility index (Phi) is 3.03. The predicted molar refractivity (Wildman–Crippen MR) is 77.6 cm³/mol. The van der Waals surface area contributed by atoms with Crippen molar-refractivity contribution in [2.24, 2.45) is 0 Å². The highest BCUT2D eigenvalue weighted by molar-refractivity contribution is 9.10. The molecule has 19 heavy (non-hydrogen) atoms. The molecule has 1 heterocycles. The lowest BCUT2D eigenvalue weighted by atomic mass is 9.99. The maximum Gasteiger partial charge on any atom is 0.196 e. The number of para-hydroxylation sites is 1. The average molecular weight is 318 g/mol. The van der Waals surface area contributed by atoms with Crippen LogP contribution < -0.4 is 10.5 Å². The van der Waals surface area contributed by atoms with Gasteiger partial charge in [-0.05, 0) is 45.8 Å². The summed E-state index contributed by atoms with van der Waals surface area (Å²) >= 11 is 3.34. The topological polar surface area (TPSA) is 52.3 Å². The minimum Gasteiger partial charge on any atom is -0.492 e. The zero-order valence-electron chi connectivity index (χ0n) is 10.2. The average Bonchev–Trinajstić information content (AvgIpc) is 2.89. The molecule has 2 aromatic carbocycles. The van der Waals surface area contributed by atoms with Crippen molar-refractivity contribution in [2.75, 3.05) is 12.3 Å². The van der Waals surface area contributed by atoms with Crippen LogP contribution in [0.5, 0.6) is 5.75 Å². The highest BCUT2D eigenvalue weighted by atomic mass is 79.9. The minimum atomic E-state index is -0.0422. The maximum absolute atomic E-state index is 12.5. The summed E-state index contributed by atoms with van der Waals surface area (Å²) in [5.74, 6) is 0.680. The zero-order valence-corrected chi connectivity index (χ0v) is 11.7. The standard InChI is InChI=1S/C15H12BrNO2/c16-12-8-10(4-5-13(12)17)14(18)11-3-1-2-9-6-7-19-15(9)11/h1-5,8H,6-7,17H2. The van der Waals surface area contributed by atoms with E-state index in [0.717, 1.165) is 22.2 Å². The molecule has 0 fully saturated rings. The van der Waals surface area contributed by atoms with Crippen LogP contribution in [0.25, 0.3) is 0 Å². The van der Waals surface area contributed by atoms with Crippen LogP contribution in [0.2, 0.25) is 0 Å². The van der Waals surface area contributed by atoms with Crippen LogP contribution in [0.4, 0.5) is 5.69 Å². The second-order valence-electron chi connectivity index (χ2n) is 4.46. The number of carbonyl (C=O) groups is 1. The van der Waals surface area contributed by atoms with E-state index in [-0.39, 0.29) is 5.78 Å². The van der Waals surface area contributed by atoms with Gasteiger partial charge in [0.1, 0.15) is 5.75 Å². The van der Waals surface area contributed by atoms with Crippen LogP contribution >= 0.6 is 15.9 Å². The van der Waals surface area contributed by atoms with Gasteiger partial charge in [-0.3, -0.25) is 4.79 Å². The van der Waals surface area contributed by atoms with Gasteiger partial charge in [0.05, 0.1) is 12.2 Å². The van der Waals surface area contributed by atoms with Gasteiger partial charge < -0.3 is 10.5 Å². The van der Waals surface area contributed by atoms with Crippen molar-refractivity contribution in [2.45, 2.75) is 6.42 Å². The normalized spacial score (nSPS) is 12.9. The molecule has 0 saturated heterocycles. The number of rotatable bonds is 2. The smallest absolute Gasteiger partial charge is 0.196 e. The SMILES string of the molecule is Nc1ccc(C(=O)c2cccc3c2OCC3)cc1Br. The Hall–Kier alpha value is -1.81. The second kappa shape index (κ2) is 4.70. The number of ketones is 1. The third-order valence-corrected chi connectivity index (χ3v) is 3.91. The van der Waals surface area contributed by atoms with E-state index >= 15 is 0 Å². The lowest BCUT2D eigenvalue weighted by Crippen LogP contribution is -2.04. The first kappa shape index (κ1) is 12.2. The van der Waals surface area contributed by atoms with Gasteiger partial charge in [0.2, 0.25) is 0 Å². The Morgan fingerprint density at radius 1 is 1.26 bits per heavy atom. The number of benzene rings is 2. The van der Waals surface area contributed by atoms with Crippen LogP contribution in [0.1, 0.15) is 21.5 Å².